The van der Waals surface area contributed by atoms with Crippen molar-refractivity contribution >= 4 is 5.65 Å². The smallest absolute Gasteiger partial charge is 0.298 e. The molecule has 2 aromatic heterocycles. The summed E-state index contributed by atoms with van der Waals surface area (Å²) < 4.78 is 43.2. The fraction of sp³-hybridized carbons (Fsp3) is 0.455. The summed E-state index contributed by atoms with van der Waals surface area (Å²) in [7, 11) is 0. The number of alkyl halides is 3. The lowest BCUT2D eigenvalue weighted by Crippen LogP contribution is -2.26. The molecule has 1 aromatic carbocycles. The van der Waals surface area contributed by atoms with E-state index in [9.17, 15) is 13.2 Å². The summed E-state index contributed by atoms with van der Waals surface area (Å²) in [5.74, 6) is 2.25. The number of hydrogen-bond donors (Lipinski definition) is 0. The average molecular weight is 400 g/mol. The van der Waals surface area contributed by atoms with E-state index < -0.39 is 11.7 Å². The van der Waals surface area contributed by atoms with Crippen molar-refractivity contribution in [3.63, 3.8) is 0 Å². The molecule has 7 heteroatoms. The van der Waals surface area contributed by atoms with Gasteiger partial charge in [-0.3, -0.25) is 9.30 Å². The van der Waals surface area contributed by atoms with Crippen molar-refractivity contribution in [3.8, 4) is 0 Å². The van der Waals surface area contributed by atoms with Crippen LogP contribution in [0.4, 0.5) is 13.2 Å². The zero-order valence-electron chi connectivity index (χ0n) is 16.2. The van der Waals surface area contributed by atoms with Gasteiger partial charge in [0.05, 0.1) is 0 Å². The lowest BCUT2D eigenvalue weighted by molar-refractivity contribution is -0.137. The molecule has 0 radical (unpaired) electrons. The molecule has 3 aromatic rings. The summed E-state index contributed by atoms with van der Waals surface area (Å²) in [4.78, 5) is 2.15. The Morgan fingerprint density at radius 1 is 1.03 bits per heavy atom. The SMILES string of the molecule is CCCc1nnc2c(C(F)(F)F)c(CN3CC4C(C3)C4c3ccccc3)ccn12. The van der Waals surface area contributed by atoms with Gasteiger partial charge in [0.2, 0.25) is 0 Å². The van der Waals surface area contributed by atoms with Crippen LogP contribution in [0.1, 0.15) is 41.8 Å². The van der Waals surface area contributed by atoms with Crippen molar-refractivity contribution in [2.75, 3.05) is 13.1 Å². The summed E-state index contributed by atoms with van der Waals surface area (Å²) in [5, 5.41) is 7.88. The van der Waals surface area contributed by atoms with E-state index in [1.54, 1.807) is 12.3 Å². The summed E-state index contributed by atoms with van der Waals surface area (Å²) in [6, 6.07) is 12.0. The molecule has 2 fully saturated rings. The fourth-order valence-electron chi connectivity index (χ4n) is 5.03. The minimum Gasteiger partial charge on any atom is -0.298 e. The molecule has 29 heavy (non-hydrogen) atoms. The highest BCUT2D eigenvalue weighted by atomic mass is 19.4. The molecule has 0 amide bonds. The molecule has 5 rings (SSSR count). The third-order valence-corrected chi connectivity index (χ3v) is 6.34. The third-order valence-electron chi connectivity index (χ3n) is 6.34. The number of benzene rings is 1. The number of pyridine rings is 1. The first kappa shape index (κ1) is 18.6. The van der Waals surface area contributed by atoms with Crippen LogP contribution >= 0.6 is 0 Å². The molecule has 1 aliphatic carbocycles. The maximum Gasteiger partial charge on any atom is 0.420 e. The predicted octanol–water partition coefficient (Wildman–Crippen LogP) is 4.55. The first-order valence-electron chi connectivity index (χ1n) is 10.2. The summed E-state index contributed by atoms with van der Waals surface area (Å²) in [6.07, 6.45) is -1.35. The Kier molecular flexibility index (Phi) is 4.38. The van der Waals surface area contributed by atoms with Crippen LogP contribution in [0.3, 0.4) is 0 Å². The first-order chi connectivity index (χ1) is 14.0. The molecule has 1 saturated heterocycles. The lowest BCUT2D eigenvalue weighted by Gasteiger charge is -2.22. The number of hydrogen-bond acceptors (Lipinski definition) is 3. The van der Waals surface area contributed by atoms with Gasteiger partial charge in [-0.15, -0.1) is 10.2 Å². The molecule has 2 aliphatic rings. The van der Waals surface area contributed by atoms with Gasteiger partial charge in [-0.05, 0) is 41.4 Å². The van der Waals surface area contributed by atoms with Gasteiger partial charge in [0.15, 0.2) is 5.65 Å². The van der Waals surface area contributed by atoms with E-state index >= 15 is 0 Å². The topological polar surface area (TPSA) is 33.4 Å². The second-order valence-electron chi connectivity index (χ2n) is 8.23. The monoisotopic (exact) mass is 400 g/mol. The Balaban J connectivity index is 1.38. The summed E-state index contributed by atoms with van der Waals surface area (Å²) >= 11 is 0. The standard InChI is InChI=1S/C22H23F3N4/c1-2-6-18-26-27-21-20(22(23,24)25)15(9-10-29(18)21)11-28-12-16-17(13-28)19(16)14-7-4-3-5-8-14/h3-5,7-10,16-17,19H,2,6,11-13H2,1H3. The second kappa shape index (κ2) is 6.83. The molecule has 0 N–H and O–H groups in total. The van der Waals surface area contributed by atoms with E-state index in [0.29, 0.717) is 36.5 Å². The second-order valence-corrected chi connectivity index (χ2v) is 8.23. The van der Waals surface area contributed by atoms with Crippen LogP contribution in [0.2, 0.25) is 0 Å². The van der Waals surface area contributed by atoms with E-state index in [2.05, 4.69) is 39.4 Å². The number of likely N-dealkylation sites (tertiary alicyclic amines) is 1. The Bertz CT molecular complexity index is 1020. The van der Waals surface area contributed by atoms with Crippen LogP contribution in [-0.2, 0) is 19.1 Å². The highest BCUT2D eigenvalue weighted by Gasteiger charge is 2.56. The van der Waals surface area contributed by atoms with Gasteiger partial charge in [0.1, 0.15) is 11.4 Å². The number of aromatic nitrogens is 3. The highest BCUT2D eigenvalue weighted by Crippen LogP contribution is 2.58. The largest absolute Gasteiger partial charge is 0.420 e. The van der Waals surface area contributed by atoms with Gasteiger partial charge >= 0.3 is 6.18 Å². The van der Waals surface area contributed by atoms with E-state index in [1.807, 2.05) is 13.0 Å². The average Bonchev–Trinajstić information content (AvgIpc) is 3.00. The van der Waals surface area contributed by atoms with Gasteiger partial charge < -0.3 is 0 Å². The highest BCUT2D eigenvalue weighted by molar-refractivity contribution is 5.53. The minimum absolute atomic E-state index is 0.0787. The van der Waals surface area contributed by atoms with E-state index in [-0.39, 0.29) is 11.2 Å². The van der Waals surface area contributed by atoms with E-state index in [1.165, 1.54) is 9.96 Å². The molecule has 0 spiro atoms. The van der Waals surface area contributed by atoms with Gasteiger partial charge in [-0.25, -0.2) is 0 Å². The molecule has 3 heterocycles. The number of rotatable bonds is 5. The number of nitrogens with zero attached hydrogens (tertiary/aromatic N) is 4. The molecular weight excluding hydrogens is 377 g/mol. The van der Waals surface area contributed by atoms with E-state index in [0.717, 1.165) is 19.5 Å². The predicted molar refractivity (Wildman–Crippen MR) is 103 cm³/mol. The van der Waals surface area contributed by atoms with Crippen LogP contribution in [-0.4, -0.2) is 32.6 Å². The third kappa shape index (κ3) is 3.21. The molecule has 0 bridgehead atoms. The number of aryl methyl sites for hydroxylation is 1. The lowest BCUT2D eigenvalue weighted by atomic mass is 10.1. The zero-order valence-corrected chi connectivity index (χ0v) is 16.2. The molecular formula is C22H23F3N4. The van der Waals surface area contributed by atoms with Crippen molar-refractivity contribution in [2.45, 2.75) is 38.4 Å². The maximum atomic E-state index is 13.9. The van der Waals surface area contributed by atoms with Crippen molar-refractivity contribution < 1.29 is 13.2 Å². The Morgan fingerprint density at radius 2 is 1.76 bits per heavy atom. The minimum atomic E-state index is -4.45. The van der Waals surface area contributed by atoms with Gasteiger partial charge in [-0.1, -0.05) is 37.3 Å². The van der Waals surface area contributed by atoms with Gasteiger partial charge in [-0.2, -0.15) is 13.2 Å². The number of fused-ring (bicyclic) bond motifs is 2. The van der Waals surface area contributed by atoms with Crippen LogP contribution in [0, 0.1) is 11.8 Å². The van der Waals surface area contributed by atoms with Crippen LogP contribution in [0.5, 0.6) is 0 Å². The Labute approximate surface area is 167 Å². The quantitative estimate of drug-likeness (QED) is 0.630. The van der Waals surface area contributed by atoms with Gasteiger partial charge in [0.25, 0.3) is 0 Å². The number of halogens is 3. The molecule has 1 saturated carbocycles. The molecule has 2 atom stereocenters. The van der Waals surface area contributed by atoms with E-state index in [4.69, 9.17) is 0 Å². The fourth-order valence-corrected chi connectivity index (χ4v) is 5.03. The summed E-state index contributed by atoms with van der Waals surface area (Å²) in [6.45, 7) is 3.97. The molecule has 1 aliphatic heterocycles. The maximum absolute atomic E-state index is 13.9. The van der Waals surface area contributed by atoms with Crippen LogP contribution in [0.15, 0.2) is 42.6 Å². The normalized spacial score (nSPS) is 24.2. The number of piperidine rings is 1. The molecule has 152 valence electrons. The first-order valence-corrected chi connectivity index (χ1v) is 10.2. The van der Waals surface area contributed by atoms with Crippen molar-refractivity contribution in [2.24, 2.45) is 11.8 Å². The zero-order chi connectivity index (χ0) is 20.2. The molecule has 2 unspecified atom stereocenters. The van der Waals surface area contributed by atoms with Gasteiger partial charge in [0, 0.05) is 32.3 Å². The Morgan fingerprint density at radius 3 is 2.41 bits per heavy atom. The van der Waals surface area contributed by atoms with Crippen molar-refractivity contribution in [1.29, 1.82) is 0 Å². The van der Waals surface area contributed by atoms with Crippen molar-refractivity contribution in [1.82, 2.24) is 19.5 Å². The molecule has 4 nitrogen and oxygen atoms in total. The van der Waals surface area contributed by atoms with Crippen LogP contribution in [0.25, 0.3) is 5.65 Å². The Hall–Kier alpha value is -2.41. The van der Waals surface area contributed by atoms with Crippen molar-refractivity contribution in [3.05, 3.63) is 65.1 Å². The van der Waals surface area contributed by atoms with Crippen LogP contribution < -0.4 is 0 Å². The summed E-state index contributed by atoms with van der Waals surface area (Å²) in [5.41, 5.74) is 0.921.